The Morgan fingerprint density at radius 3 is 2.73 bits per heavy atom. The molecule has 0 spiro atoms. The molecule has 0 heterocycles. The molecule has 1 aliphatic rings. The Labute approximate surface area is 73.3 Å². The molecule has 11 heavy (non-hydrogen) atoms. The largest absolute Gasteiger partial charge is 0.380 e. The smallest absolute Gasteiger partial charge is 0.0667 e. The second kappa shape index (κ2) is 4.29. The fraction of sp³-hybridized carbons (Fsp3) is 1.00. The number of ether oxygens (including phenoxy) is 1. The van der Waals surface area contributed by atoms with Gasteiger partial charge in [0.2, 0.25) is 0 Å². The van der Waals surface area contributed by atoms with Crippen LogP contribution in [0.4, 0.5) is 0 Å². The second-order valence-electron chi connectivity index (χ2n) is 3.22. The van der Waals surface area contributed by atoms with Gasteiger partial charge in [0.15, 0.2) is 0 Å². The van der Waals surface area contributed by atoms with E-state index in [1.54, 1.807) is 7.11 Å². The summed E-state index contributed by atoms with van der Waals surface area (Å²) in [5.41, 5.74) is 0. The van der Waals surface area contributed by atoms with E-state index in [4.69, 9.17) is 16.3 Å². The van der Waals surface area contributed by atoms with Crippen LogP contribution in [-0.2, 0) is 4.74 Å². The van der Waals surface area contributed by atoms with E-state index in [1.165, 1.54) is 0 Å². The van der Waals surface area contributed by atoms with Gasteiger partial charge in [-0.25, -0.2) is 0 Å². The predicted molar refractivity (Wildman–Crippen MR) is 47.1 cm³/mol. The molecule has 0 radical (unpaired) electrons. The van der Waals surface area contributed by atoms with Crippen LogP contribution >= 0.6 is 11.6 Å². The number of methoxy groups -OCH3 is 1. The number of rotatable bonds is 4. The average molecular weight is 178 g/mol. The summed E-state index contributed by atoms with van der Waals surface area (Å²) in [5, 5.41) is 3.80. The fourth-order valence-corrected chi connectivity index (χ4v) is 1.56. The first kappa shape index (κ1) is 9.30. The summed E-state index contributed by atoms with van der Waals surface area (Å²) in [7, 11) is 1.73. The van der Waals surface area contributed by atoms with E-state index in [1.807, 2.05) is 0 Å². The number of hydrogen-bond acceptors (Lipinski definition) is 2. The van der Waals surface area contributed by atoms with Gasteiger partial charge in [-0.3, -0.25) is 0 Å². The zero-order valence-corrected chi connectivity index (χ0v) is 7.90. The maximum Gasteiger partial charge on any atom is 0.0667 e. The molecule has 66 valence electrons. The molecule has 1 atom stereocenters. The lowest BCUT2D eigenvalue weighted by Crippen LogP contribution is -2.44. The number of halogens is 1. The molecular weight excluding hydrogens is 162 g/mol. The molecule has 0 aromatic carbocycles. The second-order valence-corrected chi connectivity index (χ2v) is 3.84. The molecule has 1 fully saturated rings. The van der Waals surface area contributed by atoms with Gasteiger partial charge >= 0.3 is 0 Å². The van der Waals surface area contributed by atoms with Crippen molar-refractivity contribution in [2.75, 3.05) is 13.7 Å². The van der Waals surface area contributed by atoms with E-state index < -0.39 is 0 Å². The fourth-order valence-electron chi connectivity index (χ4n) is 1.13. The molecule has 3 heteroatoms. The van der Waals surface area contributed by atoms with Gasteiger partial charge in [-0.2, -0.15) is 0 Å². The summed E-state index contributed by atoms with van der Waals surface area (Å²) in [5.74, 6) is 0. The molecule has 0 aliphatic heterocycles. The van der Waals surface area contributed by atoms with Gasteiger partial charge < -0.3 is 10.1 Å². The molecule has 0 saturated heterocycles. The molecular formula is C8H16ClNO. The molecule has 1 N–H and O–H groups in total. The minimum Gasteiger partial charge on any atom is -0.380 e. The Kier molecular flexibility index (Phi) is 3.63. The minimum atomic E-state index is 0.310. The van der Waals surface area contributed by atoms with Crippen molar-refractivity contribution < 1.29 is 4.74 Å². The Morgan fingerprint density at radius 1 is 1.64 bits per heavy atom. The SMILES string of the molecule is COC(C)CNC1CC(Cl)C1. The van der Waals surface area contributed by atoms with Crippen molar-refractivity contribution in [3.8, 4) is 0 Å². The van der Waals surface area contributed by atoms with Gasteiger partial charge in [-0.05, 0) is 19.8 Å². The normalized spacial score (nSPS) is 33.0. The van der Waals surface area contributed by atoms with E-state index in [2.05, 4.69) is 12.2 Å². The number of alkyl halides is 1. The van der Waals surface area contributed by atoms with Crippen molar-refractivity contribution in [3.63, 3.8) is 0 Å². The maximum atomic E-state index is 5.82. The van der Waals surface area contributed by atoms with Crippen molar-refractivity contribution in [1.82, 2.24) is 5.32 Å². The maximum absolute atomic E-state index is 5.82. The third-order valence-electron chi connectivity index (χ3n) is 2.18. The first-order valence-electron chi connectivity index (χ1n) is 4.12. The Bertz CT molecular complexity index is 115. The highest BCUT2D eigenvalue weighted by molar-refractivity contribution is 6.21. The third-order valence-corrected chi connectivity index (χ3v) is 2.53. The van der Waals surface area contributed by atoms with Crippen LogP contribution < -0.4 is 5.32 Å². The van der Waals surface area contributed by atoms with Crippen molar-refractivity contribution >= 4 is 11.6 Å². The molecule has 0 bridgehead atoms. The van der Waals surface area contributed by atoms with Crippen LogP contribution in [0.25, 0.3) is 0 Å². The number of nitrogens with one attached hydrogen (secondary N) is 1. The van der Waals surface area contributed by atoms with Crippen LogP contribution in [0.1, 0.15) is 19.8 Å². The van der Waals surface area contributed by atoms with Crippen LogP contribution in [0.2, 0.25) is 0 Å². The van der Waals surface area contributed by atoms with Gasteiger partial charge in [-0.1, -0.05) is 0 Å². The molecule has 1 rings (SSSR count). The lowest BCUT2D eigenvalue weighted by molar-refractivity contribution is 0.110. The van der Waals surface area contributed by atoms with Crippen LogP contribution in [0.5, 0.6) is 0 Å². The Morgan fingerprint density at radius 2 is 2.27 bits per heavy atom. The highest BCUT2D eigenvalue weighted by Crippen LogP contribution is 2.24. The van der Waals surface area contributed by atoms with Gasteiger partial charge in [0.1, 0.15) is 0 Å². The monoisotopic (exact) mass is 177 g/mol. The highest BCUT2D eigenvalue weighted by Gasteiger charge is 2.26. The summed E-state index contributed by atoms with van der Waals surface area (Å²) < 4.78 is 5.10. The molecule has 0 aromatic heterocycles. The van der Waals surface area contributed by atoms with Crippen molar-refractivity contribution in [2.24, 2.45) is 0 Å². The molecule has 1 aliphatic carbocycles. The van der Waals surface area contributed by atoms with Gasteiger partial charge in [-0.15, -0.1) is 11.6 Å². The highest BCUT2D eigenvalue weighted by atomic mass is 35.5. The van der Waals surface area contributed by atoms with E-state index in [0.29, 0.717) is 17.5 Å². The van der Waals surface area contributed by atoms with Gasteiger partial charge in [0.05, 0.1) is 6.10 Å². The van der Waals surface area contributed by atoms with Crippen molar-refractivity contribution in [2.45, 2.75) is 37.3 Å². The van der Waals surface area contributed by atoms with Crippen LogP contribution in [0.3, 0.4) is 0 Å². The lowest BCUT2D eigenvalue weighted by Gasteiger charge is -2.32. The van der Waals surface area contributed by atoms with Gasteiger partial charge in [0, 0.05) is 25.1 Å². The summed E-state index contributed by atoms with van der Waals surface area (Å²) in [6.07, 6.45) is 2.53. The first-order valence-corrected chi connectivity index (χ1v) is 4.56. The number of hydrogen-bond donors (Lipinski definition) is 1. The Balaban J connectivity index is 1.96. The summed E-state index contributed by atoms with van der Waals surface area (Å²) in [6, 6.07) is 0.634. The molecule has 0 amide bonds. The van der Waals surface area contributed by atoms with Crippen LogP contribution in [0.15, 0.2) is 0 Å². The van der Waals surface area contributed by atoms with E-state index >= 15 is 0 Å². The van der Waals surface area contributed by atoms with E-state index in [-0.39, 0.29) is 0 Å². The van der Waals surface area contributed by atoms with Crippen molar-refractivity contribution in [1.29, 1.82) is 0 Å². The predicted octanol–water partition coefficient (Wildman–Crippen LogP) is 1.38. The summed E-state index contributed by atoms with van der Waals surface area (Å²) in [4.78, 5) is 0. The molecule has 1 unspecified atom stereocenters. The minimum absolute atomic E-state index is 0.310. The topological polar surface area (TPSA) is 21.3 Å². The van der Waals surface area contributed by atoms with Gasteiger partial charge in [0.25, 0.3) is 0 Å². The van der Waals surface area contributed by atoms with Crippen LogP contribution in [-0.4, -0.2) is 31.2 Å². The zero-order valence-electron chi connectivity index (χ0n) is 7.14. The standard InChI is InChI=1S/C8H16ClNO/c1-6(11-2)5-10-8-3-7(9)4-8/h6-8,10H,3-5H2,1-2H3. The summed E-state index contributed by atoms with van der Waals surface area (Å²) >= 11 is 5.82. The first-order chi connectivity index (χ1) is 5.22. The van der Waals surface area contributed by atoms with E-state index in [0.717, 1.165) is 19.4 Å². The zero-order chi connectivity index (χ0) is 8.27. The third kappa shape index (κ3) is 2.97. The average Bonchev–Trinajstić information content (AvgIpc) is 1.95. The van der Waals surface area contributed by atoms with E-state index in [9.17, 15) is 0 Å². The Hall–Kier alpha value is 0.210. The molecule has 1 saturated carbocycles. The quantitative estimate of drug-likeness (QED) is 0.656. The lowest BCUT2D eigenvalue weighted by atomic mass is 9.92. The summed E-state index contributed by atoms with van der Waals surface area (Å²) in [6.45, 7) is 2.99. The van der Waals surface area contributed by atoms with Crippen LogP contribution in [0, 0.1) is 0 Å². The molecule has 0 aromatic rings. The molecule has 2 nitrogen and oxygen atoms in total. The van der Waals surface area contributed by atoms with Crippen molar-refractivity contribution in [3.05, 3.63) is 0 Å².